The van der Waals surface area contributed by atoms with E-state index in [9.17, 15) is 24.5 Å². The lowest BCUT2D eigenvalue weighted by Crippen LogP contribution is -2.31. The van der Waals surface area contributed by atoms with Crippen molar-refractivity contribution in [2.24, 2.45) is 0 Å². The van der Waals surface area contributed by atoms with Crippen molar-refractivity contribution < 1.29 is 42.6 Å². The number of aliphatic hydroxyl groups excluding tert-OH is 2. The highest BCUT2D eigenvalue weighted by Crippen LogP contribution is 2.50. The second kappa shape index (κ2) is 10.3. The number of aromatic nitrogens is 8. The number of hydrogen-bond donors (Lipinski definition) is 6. The fourth-order valence-electron chi connectivity index (χ4n) is 4.79. The number of aliphatic hydroxyl groups is 2. The molecule has 8 N–H and O–H groups in total. The molecule has 0 saturated carbocycles. The molecule has 41 heavy (non-hydrogen) atoms. The zero-order valence-electron chi connectivity index (χ0n) is 20.8. The SMILES string of the molecule is Nc1nc2c(ncn2[C@@H]2O[C@H](CO)CC2OP(=O)(O)OC[C@H]2O[C@@H](n3cnc4c(N)ncnc43)C(F)[C@H]2O)c(=O)[nH]1. The molecule has 0 amide bonds. The number of alkyl halides is 1. The van der Waals surface area contributed by atoms with Crippen LogP contribution in [0.5, 0.6) is 0 Å². The Labute approximate surface area is 227 Å². The summed E-state index contributed by atoms with van der Waals surface area (Å²) in [7, 11) is -4.90. The summed E-state index contributed by atoms with van der Waals surface area (Å²) in [6.07, 6.45) is -6.13. The first-order valence-corrected chi connectivity index (χ1v) is 13.6. The van der Waals surface area contributed by atoms with Gasteiger partial charge in [-0.05, 0) is 0 Å². The van der Waals surface area contributed by atoms with Crippen molar-refractivity contribution in [2.45, 2.75) is 49.5 Å². The van der Waals surface area contributed by atoms with Crippen LogP contribution in [0, 0.1) is 0 Å². The van der Waals surface area contributed by atoms with Crippen molar-refractivity contribution in [1.29, 1.82) is 0 Å². The van der Waals surface area contributed by atoms with E-state index in [1.165, 1.54) is 21.8 Å². The Balaban J connectivity index is 1.16. The summed E-state index contributed by atoms with van der Waals surface area (Å²) in [6, 6.07) is 0. The lowest BCUT2D eigenvalue weighted by Gasteiger charge is -2.23. The molecule has 6 heterocycles. The summed E-state index contributed by atoms with van der Waals surface area (Å²) in [5.41, 5.74) is 11.1. The molecule has 0 aliphatic carbocycles. The largest absolute Gasteiger partial charge is 0.472 e. The molecule has 0 spiro atoms. The number of rotatable bonds is 8. The average Bonchev–Trinajstić information content (AvgIpc) is 3.69. The number of ether oxygens (including phenoxy) is 2. The number of nitrogen functional groups attached to an aromatic ring is 2. The highest BCUT2D eigenvalue weighted by Gasteiger charge is 2.48. The van der Waals surface area contributed by atoms with E-state index in [4.69, 9.17) is 30.0 Å². The van der Waals surface area contributed by atoms with Crippen molar-refractivity contribution in [1.82, 2.24) is 39.0 Å². The first kappa shape index (κ1) is 27.5. The minimum absolute atomic E-state index is 0.0127. The molecule has 8 atom stereocenters. The maximum Gasteiger partial charge on any atom is 0.472 e. The minimum atomic E-state index is -4.90. The van der Waals surface area contributed by atoms with Gasteiger partial charge in [-0.1, -0.05) is 0 Å². The number of phosphoric acid groups is 1. The van der Waals surface area contributed by atoms with Crippen molar-refractivity contribution in [3.8, 4) is 0 Å². The number of imidazole rings is 2. The number of nitrogens with one attached hydrogen (secondary N) is 1. The van der Waals surface area contributed by atoms with Gasteiger partial charge < -0.3 is 36.0 Å². The number of halogens is 1. The maximum atomic E-state index is 15.0. The summed E-state index contributed by atoms with van der Waals surface area (Å²) in [5.74, 6) is -0.137. The number of aromatic amines is 1. The summed E-state index contributed by atoms with van der Waals surface area (Å²) in [6.45, 7) is -1.19. The van der Waals surface area contributed by atoms with Gasteiger partial charge in [0.1, 0.15) is 30.2 Å². The lowest BCUT2D eigenvalue weighted by atomic mass is 10.1. The third kappa shape index (κ3) is 4.93. The summed E-state index contributed by atoms with van der Waals surface area (Å²) < 4.78 is 52.2. The van der Waals surface area contributed by atoms with Crippen LogP contribution in [0.15, 0.2) is 23.8 Å². The topological polar surface area (TPSA) is 274 Å². The van der Waals surface area contributed by atoms with Crippen LogP contribution in [0.25, 0.3) is 22.3 Å². The fraction of sp³-hybridized carbons (Fsp3) is 0.500. The monoisotopic (exact) mass is 598 g/mol. The number of fused-ring (bicyclic) bond motifs is 2. The van der Waals surface area contributed by atoms with Crippen molar-refractivity contribution in [2.75, 3.05) is 24.7 Å². The molecule has 6 rings (SSSR count). The Morgan fingerprint density at radius 3 is 2.61 bits per heavy atom. The minimum Gasteiger partial charge on any atom is -0.394 e. The Kier molecular flexibility index (Phi) is 6.94. The van der Waals surface area contributed by atoms with Gasteiger partial charge >= 0.3 is 7.82 Å². The molecule has 0 radical (unpaired) electrons. The van der Waals surface area contributed by atoms with Gasteiger partial charge in [-0.2, -0.15) is 4.98 Å². The van der Waals surface area contributed by atoms with Crippen LogP contribution in [0.4, 0.5) is 16.2 Å². The molecule has 220 valence electrons. The number of anilines is 2. The Morgan fingerprint density at radius 1 is 1.12 bits per heavy atom. The maximum absolute atomic E-state index is 15.0. The second-order valence-corrected chi connectivity index (χ2v) is 10.7. The van der Waals surface area contributed by atoms with Gasteiger partial charge in [-0.15, -0.1) is 0 Å². The second-order valence-electron chi connectivity index (χ2n) is 9.33. The lowest BCUT2D eigenvalue weighted by molar-refractivity contribution is -0.0600. The molecule has 0 bridgehead atoms. The Bertz CT molecular complexity index is 1700. The van der Waals surface area contributed by atoms with Crippen LogP contribution in [0.2, 0.25) is 0 Å². The Hall–Kier alpha value is -3.62. The van der Waals surface area contributed by atoms with E-state index in [0.717, 1.165) is 6.33 Å². The first-order chi connectivity index (χ1) is 19.6. The van der Waals surface area contributed by atoms with Crippen molar-refractivity contribution >= 4 is 41.9 Å². The average molecular weight is 598 g/mol. The van der Waals surface area contributed by atoms with Crippen LogP contribution < -0.4 is 17.0 Å². The van der Waals surface area contributed by atoms with Gasteiger partial charge in [0.05, 0.1) is 32.0 Å². The molecule has 2 saturated heterocycles. The molecule has 4 aromatic heterocycles. The molecule has 3 unspecified atom stereocenters. The number of nitrogens with two attached hydrogens (primary N) is 2. The summed E-state index contributed by atoms with van der Waals surface area (Å²) in [4.78, 5) is 44.8. The van der Waals surface area contributed by atoms with Crippen molar-refractivity contribution in [3.63, 3.8) is 0 Å². The van der Waals surface area contributed by atoms with Gasteiger partial charge in [0.15, 0.2) is 41.3 Å². The van der Waals surface area contributed by atoms with Crippen LogP contribution in [-0.2, 0) is 23.1 Å². The zero-order chi connectivity index (χ0) is 29.1. The number of nitrogens with zero attached hydrogens (tertiary/aromatic N) is 7. The highest BCUT2D eigenvalue weighted by molar-refractivity contribution is 7.47. The first-order valence-electron chi connectivity index (χ1n) is 12.1. The van der Waals surface area contributed by atoms with Gasteiger partial charge in [0, 0.05) is 6.42 Å². The predicted molar refractivity (Wildman–Crippen MR) is 133 cm³/mol. The smallest absolute Gasteiger partial charge is 0.394 e. The standard InChI is InChI=1S/C20H24FN10O9P/c21-10-13(33)9(39-19(10)30-5-26-11-14(22)24-4-25-15(11)30)3-37-41(35,36)40-8-1-7(2-32)38-18(8)31-6-27-12-16(31)28-20(23)29-17(12)34/h4-10,13,18-19,32-33H,1-3H2,(H,35,36)(H2,22,24,25)(H3,23,28,29,34)/t7-,8?,9+,10?,13-,18+,19+/m0/s1. The van der Waals surface area contributed by atoms with Crippen LogP contribution in [0.1, 0.15) is 18.9 Å². The third-order valence-electron chi connectivity index (χ3n) is 6.70. The third-order valence-corrected chi connectivity index (χ3v) is 7.71. The number of hydrogen-bond acceptors (Lipinski definition) is 15. The predicted octanol–water partition coefficient (Wildman–Crippen LogP) is -1.50. The summed E-state index contributed by atoms with van der Waals surface area (Å²) >= 11 is 0. The molecular weight excluding hydrogens is 574 g/mol. The van der Waals surface area contributed by atoms with E-state index < -0.39 is 69.6 Å². The van der Waals surface area contributed by atoms with Crippen LogP contribution >= 0.6 is 7.82 Å². The van der Waals surface area contributed by atoms with E-state index >= 15 is 4.39 Å². The van der Waals surface area contributed by atoms with E-state index in [2.05, 4.69) is 29.9 Å². The number of H-pyrrole nitrogens is 1. The molecular formula is C20H24FN10O9P. The normalized spacial score (nSPS) is 29.9. The number of phosphoric ester groups is 1. The molecule has 4 aromatic rings. The van der Waals surface area contributed by atoms with E-state index in [-0.39, 0.29) is 40.5 Å². The van der Waals surface area contributed by atoms with Gasteiger partial charge in [0.2, 0.25) is 5.95 Å². The summed E-state index contributed by atoms with van der Waals surface area (Å²) in [5, 5.41) is 20.1. The Morgan fingerprint density at radius 2 is 1.85 bits per heavy atom. The van der Waals surface area contributed by atoms with Gasteiger partial charge in [-0.3, -0.25) is 28.0 Å². The van der Waals surface area contributed by atoms with Gasteiger partial charge in [-0.25, -0.2) is 28.9 Å². The highest BCUT2D eigenvalue weighted by atomic mass is 31.2. The molecule has 0 aromatic carbocycles. The molecule has 2 aliphatic heterocycles. The van der Waals surface area contributed by atoms with Crippen molar-refractivity contribution in [3.05, 3.63) is 29.3 Å². The molecule has 2 aliphatic rings. The van der Waals surface area contributed by atoms with E-state index in [1.807, 2.05) is 0 Å². The molecule has 21 heteroatoms. The van der Waals surface area contributed by atoms with Crippen LogP contribution in [0.3, 0.4) is 0 Å². The van der Waals surface area contributed by atoms with E-state index in [0.29, 0.717) is 0 Å². The fourth-order valence-corrected chi connectivity index (χ4v) is 5.72. The quantitative estimate of drug-likeness (QED) is 0.126. The molecule has 2 fully saturated rings. The van der Waals surface area contributed by atoms with Gasteiger partial charge in [0.25, 0.3) is 5.56 Å². The molecule has 19 nitrogen and oxygen atoms in total. The van der Waals surface area contributed by atoms with Crippen LogP contribution in [-0.4, -0.2) is 97.9 Å². The zero-order valence-corrected chi connectivity index (χ0v) is 21.7. The van der Waals surface area contributed by atoms with E-state index in [1.54, 1.807) is 0 Å².